The molecule has 0 fully saturated rings. The average Bonchev–Trinajstić information content (AvgIpc) is 2.71. The molecule has 4 heteroatoms. The van der Waals surface area contributed by atoms with Crippen LogP contribution < -0.4 is 0 Å². The van der Waals surface area contributed by atoms with Gasteiger partial charge in [-0.05, 0) is 107 Å². The molecule has 1 atom stereocenters. The van der Waals surface area contributed by atoms with Crippen molar-refractivity contribution in [1.29, 1.82) is 0 Å². The van der Waals surface area contributed by atoms with Gasteiger partial charge in [0.15, 0.2) is 5.91 Å². The zero-order valence-electron chi connectivity index (χ0n) is 24.1. The molecule has 1 aliphatic heterocycles. The summed E-state index contributed by atoms with van der Waals surface area (Å²) in [5, 5.41) is 0. The molecule has 0 aromatic heterocycles. The van der Waals surface area contributed by atoms with Gasteiger partial charge in [0.25, 0.3) is 0 Å². The molecule has 1 aromatic rings. The first kappa shape index (κ1) is 30.8. The van der Waals surface area contributed by atoms with Crippen molar-refractivity contribution in [2.24, 2.45) is 5.92 Å². The molecule has 0 saturated carbocycles. The van der Waals surface area contributed by atoms with Crippen molar-refractivity contribution in [3.05, 3.63) is 46.5 Å². The van der Waals surface area contributed by atoms with E-state index in [1.165, 1.54) is 33.4 Å². The van der Waals surface area contributed by atoms with Gasteiger partial charge >= 0.3 is 0 Å². The number of hydrogen-bond acceptors (Lipinski definition) is 2. The van der Waals surface area contributed by atoms with Gasteiger partial charge in [0.1, 0.15) is 0 Å². The molecule has 1 amide bonds. The van der Waals surface area contributed by atoms with Gasteiger partial charge in [-0.25, -0.2) is 6.54 Å². The topological polar surface area (TPSA) is 23.6 Å². The van der Waals surface area contributed by atoms with Crippen LogP contribution in [0.5, 0.6) is 0 Å². The van der Waals surface area contributed by atoms with Crippen molar-refractivity contribution in [3.63, 3.8) is 0 Å². The van der Waals surface area contributed by atoms with E-state index in [2.05, 4.69) is 94.5 Å². The van der Waals surface area contributed by atoms with Crippen LogP contribution in [0, 0.1) is 46.7 Å². The van der Waals surface area contributed by atoms with Gasteiger partial charge in [-0.1, -0.05) is 40.5 Å². The van der Waals surface area contributed by atoms with E-state index in [0.717, 1.165) is 0 Å². The van der Waals surface area contributed by atoms with Crippen LogP contribution >= 0.6 is 0 Å². The minimum Gasteiger partial charge on any atom is -0.498 e. The van der Waals surface area contributed by atoms with Gasteiger partial charge in [0.05, 0.1) is 0 Å². The second kappa shape index (κ2) is 9.66. The molecule has 0 aliphatic carbocycles. The van der Waals surface area contributed by atoms with Crippen LogP contribution in [0.25, 0.3) is 0 Å². The van der Waals surface area contributed by atoms with Crippen molar-refractivity contribution in [2.45, 2.75) is 119 Å². The summed E-state index contributed by atoms with van der Waals surface area (Å²) >= 11 is 0. The Bertz CT molecular complexity index is 852. The summed E-state index contributed by atoms with van der Waals surface area (Å²) in [4.78, 5) is 17.3. The third kappa shape index (κ3) is 4.42. The maximum atomic E-state index is 13.0. The average molecular weight is 530 g/mol. The zero-order chi connectivity index (χ0) is 25.2. The summed E-state index contributed by atoms with van der Waals surface area (Å²) in [6.07, 6.45) is 0. The van der Waals surface area contributed by atoms with Crippen LogP contribution in [0.2, 0.25) is 0 Å². The number of carbonyl (C=O) groups excluding carboxylic acids is 1. The van der Waals surface area contributed by atoms with Crippen LogP contribution in [-0.2, 0) is 48.3 Å². The number of amides is 1. The standard InChI is InChI=1S/C29H48N2O.Y/c1-16-30(15)25(32)18(2)17-31-28(11,12)26(7,8)23-21(5)19(3)20(4)22(6)24(23)27(9,10)29(31,13)14;/h16-18H,1-15H3;/q-2;. The molecule has 1 aliphatic rings. The summed E-state index contributed by atoms with van der Waals surface area (Å²) in [5.41, 5.74) is 7.88. The van der Waals surface area contributed by atoms with Crippen molar-refractivity contribution in [1.82, 2.24) is 9.80 Å². The predicted molar refractivity (Wildman–Crippen MR) is 138 cm³/mol. The zero-order valence-corrected chi connectivity index (χ0v) is 27.0. The van der Waals surface area contributed by atoms with E-state index < -0.39 is 0 Å². The maximum Gasteiger partial charge on any atom is 0.167 e. The summed E-state index contributed by atoms with van der Waals surface area (Å²) in [5.74, 6) is -0.0937. The molecule has 0 saturated heterocycles. The molecule has 0 N–H and O–H groups in total. The molecule has 2 rings (SSSR count). The van der Waals surface area contributed by atoms with Gasteiger partial charge in [0.2, 0.25) is 0 Å². The predicted octanol–water partition coefficient (Wildman–Crippen LogP) is 6.78. The first-order valence-corrected chi connectivity index (χ1v) is 12.1. The Kier molecular flexibility index (Phi) is 9.01. The van der Waals surface area contributed by atoms with Crippen LogP contribution in [0.4, 0.5) is 0 Å². The monoisotopic (exact) mass is 529 g/mol. The SMILES string of the molecule is C[CH-]N(C)C(=O)C(C)[CH-]N1C(C)(C)C(C)(C)c2c(C)c(C)c(C)c(C)c2C(C)(C)C1(C)C.[Y]. The minimum absolute atomic E-state index is 0. The Hall–Kier alpha value is -0.246. The molecule has 185 valence electrons. The molecule has 0 bridgehead atoms. The Balaban J connectivity index is 0.00000544. The van der Waals surface area contributed by atoms with Crippen molar-refractivity contribution >= 4 is 5.91 Å². The van der Waals surface area contributed by atoms with E-state index in [-0.39, 0.29) is 66.4 Å². The smallest absolute Gasteiger partial charge is 0.167 e. The summed E-state index contributed by atoms with van der Waals surface area (Å²) < 4.78 is 0. The number of hydrogen-bond donors (Lipinski definition) is 0. The quantitative estimate of drug-likeness (QED) is 0.401. The third-order valence-electron chi connectivity index (χ3n) is 9.70. The van der Waals surface area contributed by atoms with Gasteiger partial charge in [-0.2, -0.15) is 6.92 Å². The summed E-state index contributed by atoms with van der Waals surface area (Å²) in [6.45, 7) is 36.1. The van der Waals surface area contributed by atoms with E-state index >= 15 is 0 Å². The van der Waals surface area contributed by atoms with Crippen LogP contribution in [0.1, 0.15) is 103 Å². The minimum atomic E-state index is -0.221. The van der Waals surface area contributed by atoms with E-state index in [4.69, 9.17) is 0 Å². The molecule has 33 heavy (non-hydrogen) atoms. The second-order valence-corrected chi connectivity index (χ2v) is 12.1. The fourth-order valence-corrected chi connectivity index (χ4v) is 5.90. The van der Waals surface area contributed by atoms with Gasteiger partial charge in [-0.15, -0.1) is 0 Å². The van der Waals surface area contributed by atoms with Crippen molar-refractivity contribution < 1.29 is 37.5 Å². The number of carbonyl (C=O) groups is 1. The number of nitrogens with zero attached hydrogens (tertiary/aromatic N) is 2. The van der Waals surface area contributed by atoms with Crippen LogP contribution in [0.3, 0.4) is 0 Å². The Morgan fingerprint density at radius 2 is 1.12 bits per heavy atom. The summed E-state index contributed by atoms with van der Waals surface area (Å²) in [7, 11) is 1.84. The normalized spacial score (nSPS) is 21.4. The number of rotatable bonds is 4. The fourth-order valence-electron chi connectivity index (χ4n) is 5.90. The van der Waals surface area contributed by atoms with Gasteiger partial charge < -0.3 is 9.80 Å². The van der Waals surface area contributed by atoms with E-state index in [0.29, 0.717) is 0 Å². The summed E-state index contributed by atoms with van der Waals surface area (Å²) in [6, 6.07) is 0. The molecule has 3 nitrogen and oxygen atoms in total. The largest absolute Gasteiger partial charge is 0.498 e. The number of fused-ring (bicyclic) bond motifs is 1. The van der Waals surface area contributed by atoms with Crippen molar-refractivity contribution in [2.75, 3.05) is 7.05 Å². The molecule has 1 aromatic carbocycles. The first-order chi connectivity index (χ1) is 14.3. The van der Waals surface area contributed by atoms with Crippen molar-refractivity contribution in [3.8, 4) is 0 Å². The Morgan fingerprint density at radius 3 is 1.42 bits per heavy atom. The molecule has 1 radical (unpaired) electrons. The molecule has 1 unspecified atom stereocenters. The molecule has 0 spiro atoms. The van der Waals surface area contributed by atoms with Crippen LogP contribution in [-0.4, -0.2) is 33.8 Å². The molecular formula is C29H48N2OY-2. The Morgan fingerprint density at radius 1 is 0.788 bits per heavy atom. The first-order valence-electron chi connectivity index (χ1n) is 12.1. The third-order valence-corrected chi connectivity index (χ3v) is 9.70. The maximum absolute atomic E-state index is 13.0. The van der Waals surface area contributed by atoms with E-state index in [1.807, 2.05) is 27.4 Å². The Labute approximate surface area is 230 Å². The van der Waals surface area contributed by atoms with E-state index in [1.54, 1.807) is 4.90 Å². The van der Waals surface area contributed by atoms with Crippen LogP contribution in [0.15, 0.2) is 0 Å². The van der Waals surface area contributed by atoms with Gasteiger partial charge in [-0.3, -0.25) is 11.3 Å². The second-order valence-electron chi connectivity index (χ2n) is 12.1. The number of benzene rings is 1. The van der Waals surface area contributed by atoms with E-state index in [9.17, 15) is 4.79 Å². The molecular weight excluding hydrogens is 481 g/mol. The molecule has 1 heterocycles. The fraction of sp³-hybridized carbons (Fsp3) is 0.690. The van der Waals surface area contributed by atoms with Gasteiger partial charge in [0, 0.05) is 43.5 Å².